The lowest BCUT2D eigenvalue weighted by atomic mass is 10.1. The van der Waals surface area contributed by atoms with Gasteiger partial charge in [0.25, 0.3) is 0 Å². The predicted molar refractivity (Wildman–Crippen MR) is 116 cm³/mol. The SMILES string of the molecule is CN=C(NCCc1ccc(OCC(C)C)cc1)NCC(C)(C)OC.I. The van der Waals surface area contributed by atoms with Gasteiger partial charge in [-0.1, -0.05) is 26.0 Å². The molecule has 0 unspecified atom stereocenters. The molecule has 144 valence electrons. The molecule has 0 amide bonds. The molecule has 0 saturated heterocycles. The molecule has 2 N–H and O–H groups in total. The summed E-state index contributed by atoms with van der Waals surface area (Å²) in [7, 11) is 3.49. The summed E-state index contributed by atoms with van der Waals surface area (Å²) < 4.78 is 11.1. The summed E-state index contributed by atoms with van der Waals surface area (Å²) in [5, 5.41) is 6.60. The Kier molecular flexibility index (Phi) is 11.8. The second-order valence-electron chi connectivity index (χ2n) is 6.92. The van der Waals surface area contributed by atoms with Crippen LogP contribution in [0.5, 0.6) is 5.75 Å². The summed E-state index contributed by atoms with van der Waals surface area (Å²) in [4.78, 5) is 4.23. The molecule has 1 aromatic rings. The van der Waals surface area contributed by atoms with Crippen LogP contribution in [0.1, 0.15) is 33.3 Å². The van der Waals surface area contributed by atoms with Crippen molar-refractivity contribution < 1.29 is 9.47 Å². The molecular weight excluding hydrogens is 429 g/mol. The van der Waals surface area contributed by atoms with Gasteiger partial charge in [-0.2, -0.15) is 0 Å². The number of ether oxygens (including phenoxy) is 2. The molecule has 5 nitrogen and oxygen atoms in total. The largest absolute Gasteiger partial charge is 0.493 e. The van der Waals surface area contributed by atoms with Crippen LogP contribution in [0.2, 0.25) is 0 Å². The molecule has 1 aromatic carbocycles. The van der Waals surface area contributed by atoms with Gasteiger partial charge in [0.05, 0.1) is 12.2 Å². The van der Waals surface area contributed by atoms with E-state index >= 15 is 0 Å². The molecule has 0 fully saturated rings. The molecule has 6 heteroatoms. The molecule has 0 aliphatic heterocycles. The van der Waals surface area contributed by atoms with Crippen molar-refractivity contribution >= 4 is 29.9 Å². The Labute approximate surface area is 170 Å². The second-order valence-corrected chi connectivity index (χ2v) is 6.92. The zero-order chi connectivity index (χ0) is 18.0. The lowest BCUT2D eigenvalue weighted by Gasteiger charge is -2.24. The summed E-state index contributed by atoms with van der Waals surface area (Å²) in [5.41, 5.74) is 1.05. The molecule has 0 radical (unpaired) electrons. The fraction of sp³-hybridized carbons (Fsp3) is 0.632. The van der Waals surface area contributed by atoms with Gasteiger partial charge in [-0.05, 0) is 43.9 Å². The van der Waals surface area contributed by atoms with E-state index in [1.165, 1.54) is 5.56 Å². The summed E-state index contributed by atoms with van der Waals surface area (Å²) in [6.45, 7) is 10.6. The van der Waals surface area contributed by atoms with E-state index in [-0.39, 0.29) is 29.6 Å². The number of nitrogens with one attached hydrogen (secondary N) is 2. The third kappa shape index (κ3) is 10.5. The van der Waals surface area contributed by atoms with E-state index in [4.69, 9.17) is 9.47 Å². The topological polar surface area (TPSA) is 54.9 Å². The molecule has 0 heterocycles. The Balaban J connectivity index is 0.00000576. The highest BCUT2D eigenvalue weighted by atomic mass is 127. The van der Waals surface area contributed by atoms with Crippen LogP contribution in [0, 0.1) is 5.92 Å². The quantitative estimate of drug-likeness (QED) is 0.335. The van der Waals surface area contributed by atoms with Crippen molar-refractivity contribution in [2.45, 2.75) is 39.7 Å². The zero-order valence-corrected chi connectivity index (χ0v) is 18.7. The number of benzene rings is 1. The highest BCUT2D eigenvalue weighted by Crippen LogP contribution is 2.13. The molecule has 0 saturated carbocycles. The first-order chi connectivity index (χ1) is 11.4. The van der Waals surface area contributed by atoms with Crippen LogP contribution >= 0.6 is 24.0 Å². The normalized spacial score (nSPS) is 11.9. The smallest absolute Gasteiger partial charge is 0.191 e. The van der Waals surface area contributed by atoms with Crippen molar-refractivity contribution in [3.63, 3.8) is 0 Å². The maximum Gasteiger partial charge on any atom is 0.191 e. The standard InChI is InChI=1S/C19H33N3O2.HI/c1-15(2)13-24-17-9-7-16(8-10-17)11-12-21-18(20-5)22-14-19(3,4)23-6;/h7-10,15H,11-14H2,1-6H3,(H2,20,21,22);1H. The summed E-state index contributed by atoms with van der Waals surface area (Å²) >= 11 is 0. The monoisotopic (exact) mass is 463 g/mol. The lowest BCUT2D eigenvalue weighted by Crippen LogP contribution is -2.45. The number of hydrogen-bond acceptors (Lipinski definition) is 3. The third-order valence-electron chi connectivity index (χ3n) is 3.67. The maximum absolute atomic E-state index is 5.70. The highest BCUT2D eigenvalue weighted by Gasteiger charge is 2.16. The number of halogens is 1. The molecule has 0 atom stereocenters. The van der Waals surface area contributed by atoms with Gasteiger partial charge in [-0.15, -0.1) is 24.0 Å². The number of methoxy groups -OCH3 is 1. The Morgan fingerprint density at radius 2 is 1.80 bits per heavy atom. The van der Waals surface area contributed by atoms with Crippen molar-refractivity contribution in [2.24, 2.45) is 10.9 Å². The average molecular weight is 463 g/mol. The van der Waals surface area contributed by atoms with E-state index in [2.05, 4.69) is 41.6 Å². The molecular formula is C19H34IN3O2. The van der Waals surface area contributed by atoms with Crippen molar-refractivity contribution in [3.8, 4) is 5.75 Å². The Hall–Kier alpha value is -1.02. The third-order valence-corrected chi connectivity index (χ3v) is 3.67. The number of nitrogens with zero attached hydrogens (tertiary/aromatic N) is 1. The van der Waals surface area contributed by atoms with Gasteiger partial charge in [0.2, 0.25) is 0 Å². The van der Waals surface area contributed by atoms with Gasteiger partial charge in [0.15, 0.2) is 5.96 Å². The van der Waals surface area contributed by atoms with Gasteiger partial charge < -0.3 is 20.1 Å². The Morgan fingerprint density at radius 1 is 1.16 bits per heavy atom. The Morgan fingerprint density at radius 3 is 2.32 bits per heavy atom. The van der Waals surface area contributed by atoms with Crippen molar-refractivity contribution in [1.29, 1.82) is 0 Å². The molecule has 0 aliphatic carbocycles. The molecule has 0 bridgehead atoms. The number of guanidine groups is 1. The van der Waals surface area contributed by atoms with E-state index < -0.39 is 0 Å². The van der Waals surface area contributed by atoms with E-state index in [0.29, 0.717) is 12.5 Å². The minimum absolute atomic E-state index is 0. The predicted octanol–water partition coefficient (Wildman–Crippen LogP) is 3.47. The first kappa shape index (κ1) is 24.0. The highest BCUT2D eigenvalue weighted by molar-refractivity contribution is 14.0. The van der Waals surface area contributed by atoms with E-state index in [1.54, 1.807) is 14.2 Å². The van der Waals surface area contributed by atoms with Crippen LogP contribution in [0.3, 0.4) is 0 Å². The van der Waals surface area contributed by atoms with Crippen LogP contribution in [0.25, 0.3) is 0 Å². The molecule has 0 aromatic heterocycles. The summed E-state index contributed by atoms with van der Waals surface area (Å²) in [6, 6.07) is 8.29. The van der Waals surface area contributed by atoms with E-state index in [0.717, 1.165) is 31.3 Å². The fourth-order valence-corrected chi connectivity index (χ4v) is 1.93. The summed E-state index contributed by atoms with van der Waals surface area (Å²) in [5.74, 6) is 2.26. The van der Waals surface area contributed by atoms with Crippen molar-refractivity contribution in [1.82, 2.24) is 10.6 Å². The van der Waals surface area contributed by atoms with Crippen molar-refractivity contribution in [2.75, 3.05) is 33.9 Å². The van der Waals surface area contributed by atoms with E-state index in [1.807, 2.05) is 26.0 Å². The average Bonchev–Trinajstić information content (AvgIpc) is 2.57. The van der Waals surface area contributed by atoms with Crippen LogP contribution in [-0.2, 0) is 11.2 Å². The molecule has 0 aliphatic rings. The first-order valence-corrected chi connectivity index (χ1v) is 8.57. The number of rotatable bonds is 9. The Bertz CT molecular complexity index is 502. The van der Waals surface area contributed by atoms with Crippen molar-refractivity contribution in [3.05, 3.63) is 29.8 Å². The van der Waals surface area contributed by atoms with Crippen LogP contribution in [0.15, 0.2) is 29.3 Å². The zero-order valence-electron chi connectivity index (χ0n) is 16.4. The maximum atomic E-state index is 5.70. The van der Waals surface area contributed by atoms with E-state index in [9.17, 15) is 0 Å². The van der Waals surface area contributed by atoms with Crippen LogP contribution in [0.4, 0.5) is 0 Å². The number of aliphatic imine (C=N–C) groups is 1. The molecule has 0 spiro atoms. The van der Waals surface area contributed by atoms with Gasteiger partial charge in [0, 0.05) is 27.2 Å². The first-order valence-electron chi connectivity index (χ1n) is 8.57. The minimum atomic E-state index is -0.219. The van der Waals surface area contributed by atoms with Gasteiger partial charge >= 0.3 is 0 Å². The summed E-state index contributed by atoms with van der Waals surface area (Å²) in [6.07, 6.45) is 0.929. The van der Waals surface area contributed by atoms with Gasteiger partial charge in [-0.25, -0.2) is 0 Å². The van der Waals surface area contributed by atoms with Gasteiger partial charge in [-0.3, -0.25) is 4.99 Å². The van der Waals surface area contributed by atoms with Gasteiger partial charge in [0.1, 0.15) is 5.75 Å². The lowest BCUT2D eigenvalue weighted by molar-refractivity contribution is 0.0268. The second kappa shape index (κ2) is 12.4. The number of hydrogen-bond donors (Lipinski definition) is 2. The van der Waals surface area contributed by atoms with Crippen LogP contribution < -0.4 is 15.4 Å². The minimum Gasteiger partial charge on any atom is -0.493 e. The fourth-order valence-electron chi connectivity index (χ4n) is 1.93. The molecule has 1 rings (SSSR count). The molecule has 25 heavy (non-hydrogen) atoms. The van der Waals surface area contributed by atoms with Crippen LogP contribution in [-0.4, -0.2) is 45.4 Å².